The molecule has 5 heteroatoms. The van der Waals surface area contributed by atoms with Gasteiger partial charge in [-0.2, -0.15) is 0 Å². The van der Waals surface area contributed by atoms with E-state index >= 15 is 0 Å². The summed E-state index contributed by atoms with van der Waals surface area (Å²) in [6.45, 7) is 6.06. The summed E-state index contributed by atoms with van der Waals surface area (Å²) in [6.07, 6.45) is 4.98. The molecule has 0 saturated carbocycles. The number of rotatable bonds is 2. The molecule has 0 aromatic heterocycles. The van der Waals surface area contributed by atoms with Gasteiger partial charge in [-0.1, -0.05) is 6.08 Å². The van der Waals surface area contributed by atoms with Crippen molar-refractivity contribution in [1.29, 1.82) is 0 Å². The third-order valence-corrected chi connectivity index (χ3v) is 2.64. The van der Waals surface area contributed by atoms with Crippen molar-refractivity contribution in [2.24, 2.45) is 0 Å². The summed E-state index contributed by atoms with van der Waals surface area (Å²) < 4.78 is 5.32. The third kappa shape index (κ3) is 4.77. The van der Waals surface area contributed by atoms with Crippen molar-refractivity contribution < 1.29 is 19.4 Å². The highest BCUT2D eigenvalue weighted by Gasteiger charge is 2.28. The average Bonchev–Trinajstić information content (AvgIpc) is 2.24. The number of hydrogen-bond donors (Lipinski definition) is 1. The van der Waals surface area contributed by atoms with E-state index in [1.807, 2.05) is 20.8 Å². The summed E-state index contributed by atoms with van der Waals surface area (Å²) in [6, 6.07) is -0.176. The predicted molar refractivity (Wildman–Crippen MR) is 67.4 cm³/mol. The number of carbonyl (C=O) groups excluding carboxylic acids is 1. The number of amides is 1. The number of piperidine rings is 1. The Balaban J connectivity index is 2.70. The van der Waals surface area contributed by atoms with E-state index in [0.717, 1.165) is 25.3 Å². The molecule has 0 radical (unpaired) electrons. The van der Waals surface area contributed by atoms with Crippen LogP contribution in [0, 0.1) is 0 Å². The van der Waals surface area contributed by atoms with Gasteiger partial charge in [0.15, 0.2) is 0 Å². The third-order valence-electron chi connectivity index (χ3n) is 2.64. The first-order chi connectivity index (χ1) is 8.29. The van der Waals surface area contributed by atoms with E-state index in [9.17, 15) is 9.59 Å². The van der Waals surface area contributed by atoms with E-state index < -0.39 is 11.6 Å². The normalized spacial score (nSPS) is 21.1. The maximum atomic E-state index is 12.0. The number of carbonyl (C=O) groups is 2. The maximum absolute atomic E-state index is 12.0. The van der Waals surface area contributed by atoms with Crippen LogP contribution in [0.15, 0.2) is 12.2 Å². The van der Waals surface area contributed by atoms with Crippen molar-refractivity contribution in [1.82, 2.24) is 4.90 Å². The molecule has 1 heterocycles. The Bertz CT molecular complexity index is 343. The molecule has 1 aliphatic rings. The molecular weight excluding hydrogens is 234 g/mol. The first kappa shape index (κ1) is 14.5. The Morgan fingerprint density at radius 2 is 2.00 bits per heavy atom. The van der Waals surface area contributed by atoms with Crippen molar-refractivity contribution in [3.63, 3.8) is 0 Å². The standard InChI is InChI=1S/C13H21NO4/c1-13(2,3)18-12(17)14-9-5-4-6-10(14)7-8-11(15)16/h7-8,10H,4-6,9H2,1-3H3,(H,15,16)/b8-7+/t10-/m0/s1. The quantitative estimate of drug-likeness (QED) is 0.769. The Kier molecular flexibility index (Phi) is 4.76. The number of aliphatic carboxylic acids is 1. The summed E-state index contributed by atoms with van der Waals surface area (Å²) in [7, 11) is 0. The van der Waals surface area contributed by atoms with Crippen LogP contribution in [0.3, 0.4) is 0 Å². The van der Waals surface area contributed by atoms with E-state index in [2.05, 4.69) is 0 Å². The Morgan fingerprint density at radius 1 is 1.33 bits per heavy atom. The molecule has 0 aromatic carbocycles. The second kappa shape index (κ2) is 5.89. The van der Waals surface area contributed by atoms with Gasteiger partial charge in [-0.15, -0.1) is 0 Å². The van der Waals surface area contributed by atoms with Crippen LogP contribution in [-0.2, 0) is 9.53 Å². The SMILES string of the molecule is CC(C)(C)OC(=O)N1CCCC[C@H]1/C=C/C(=O)O. The van der Waals surface area contributed by atoms with Gasteiger partial charge in [0.05, 0.1) is 6.04 Å². The van der Waals surface area contributed by atoms with Gasteiger partial charge < -0.3 is 14.7 Å². The fourth-order valence-electron chi connectivity index (χ4n) is 1.90. The lowest BCUT2D eigenvalue weighted by atomic mass is 10.0. The van der Waals surface area contributed by atoms with Gasteiger partial charge in [0.1, 0.15) is 5.60 Å². The summed E-state index contributed by atoms with van der Waals surface area (Å²) in [5.41, 5.74) is -0.532. The lowest BCUT2D eigenvalue weighted by molar-refractivity contribution is -0.131. The Labute approximate surface area is 107 Å². The molecular formula is C13H21NO4. The van der Waals surface area contributed by atoms with Crippen LogP contribution >= 0.6 is 0 Å². The molecule has 1 amide bonds. The smallest absolute Gasteiger partial charge is 0.410 e. The number of likely N-dealkylation sites (tertiary alicyclic amines) is 1. The lowest BCUT2D eigenvalue weighted by Crippen LogP contribution is -2.45. The Hall–Kier alpha value is -1.52. The highest BCUT2D eigenvalue weighted by Crippen LogP contribution is 2.21. The van der Waals surface area contributed by atoms with Crippen LogP contribution in [0.25, 0.3) is 0 Å². The zero-order chi connectivity index (χ0) is 13.8. The first-order valence-electron chi connectivity index (χ1n) is 6.20. The number of carboxylic acids is 1. The molecule has 18 heavy (non-hydrogen) atoms. The second-order valence-corrected chi connectivity index (χ2v) is 5.43. The number of ether oxygens (including phenoxy) is 1. The lowest BCUT2D eigenvalue weighted by Gasteiger charge is -2.35. The Morgan fingerprint density at radius 3 is 2.56 bits per heavy atom. The number of carboxylic acid groups (broad SMARTS) is 1. The molecule has 0 unspecified atom stereocenters. The zero-order valence-corrected chi connectivity index (χ0v) is 11.2. The van der Waals surface area contributed by atoms with Crippen LogP contribution < -0.4 is 0 Å². The predicted octanol–water partition coefficient (Wildman–Crippen LogP) is 2.42. The van der Waals surface area contributed by atoms with Gasteiger partial charge in [-0.05, 0) is 40.0 Å². The monoisotopic (exact) mass is 255 g/mol. The van der Waals surface area contributed by atoms with E-state index in [1.165, 1.54) is 0 Å². The van der Waals surface area contributed by atoms with Crippen LogP contribution in [0.2, 0.25) is 0 Å². The molecule has 0 aliphatic carbocycles. The molecule has 102 valence electrons. The van der Waals surface area contributed by atoms with Crippen molar-refractivity contribution >= 4 is 12.1 Å². The molecule has 0 bridgehead atoms. The van der Waals surface area contributed by atoms with Gasteiger partial charge in [0, 0.05) is 12.6 Å². The molecule has 0 aromatic rings. The summed E-state index contributed by atoms with van der Waals surface area (Å²) >= 11 is 0. The number of nitrogens with zero attached hydrogens (tertiary/aromatic N) is 1. The minimum absolute atomic E-state index is 0.176. The van der Waals surface area contributed by atoms with Crippen LogP contribution in [0.5, 0.6) is 0 Å². The minimum Gasteiger partial charge on any atom is -0.478 e. The summed E-state index contributed by atoms with van der Waals surface area (Å²) in [4.78, 5) is 24.1. The van der Waals surface area contributed by atoms with Crippen molar-refractivity contribution in [2.75, 3.05) is 6.54 Å². The summed E-state index contributed by atoms with van der Waals surface area (Å²) in [5, 5.41) is 8.63. The van der Waals surface area contributed by atoms with Gasteiger partial charge >= 0.3 is 12.1 Å². The van der Waals surface area contributed by atoms with Crippen molar-refractivity contribution in [3.8, 4) is 0 Å². The van der Waals surface area contributed by atoms with Gasteiger partial charge in [-0.3, -0.25) is 0 Å². The highest BCUT2D eigenvalue weighted by atomic mass is 16.6. The van der Waals surface area contributed by atoms with Gasteiger partial charge in [0.25, 0.3) is 0 Å². The molecule has 1 aliphatic heterocycles. The fourth-order valence-corrected chi connectivity index (χ4v) is 1.90. The second-order valence-electron chi connectivity index (χ2n) is 5.43. The topological polar surface area (TPSA) is 66.8 Å². The van der Waals surface area contributed by atoms with Crippen molar-refractivity contribution in [2.45, 2.75) is 51.7 Å². The van der Waals surface area contributed by atoms with E-state index in [-0.39, 0.29) is 12.1 Å². The van der Waals surface area contributed by atoms with E-state index in [1.54, 1.807) is 11.0 Å². The van der Waals surface area contributed by atoms with Crippen molar-refractivity contribution in [3.05, 3.63) is 12.2 Å². The minimum atomic E-state index is -0.996. The van der Waals surface area contributed by atoms with Crippen LogP contribution in [0.4, 0.5) is 4.79 Å². The molecule has 1 saturated heterocycles. The molecule has 1 fully saturated rings. The van der Waals surface area contributed by atoms with Crippen LogP contribution in [0.1, 0.15) is 40.0 Å². The van der Waals surface area contributed by atoms with Gasteiger partial charge in [0.2, 0.25) is 0 Å². The molecule has 0 spiro atoms. The number of hydrogen-bond acceptors (Lipinski definition) is 3. The maximum Gasteiger partial charge on any atom is 0.410 e. The average molecular weight is 255 g/mol. The highest BCUT2D eigenvalue weighted by molar-refractivity contribution is 5.80. The molecule has 1 N–H and O–H groups in total. The zero-order valence-electron chi connectivity index (χ0n) is 11.2. The molecule has 1 rings (SSSR count). The molecule has 1 atom stereocenters. The van der Waals surface area contributed by atoms with E-state index in [0.29, 0.717) is 6.54 Å². The van der Waals surface area contributed by atoms with Gasteiger partial charge in [-0.25, -0.2) is 9.59 Å². The van der Waals surface area contributed by atoms with E-state index in [4.69, 9.17) is 9.84 Å². The molecule has 5 nitrogen and oxygen atoms in total. The first-order valence-corrected chi connectivity index (χ1v) is 6.20. The summed E-state index contributed by atoms with van der Waals surface area (Å²) in [5.74, 6) is -0.996. The fraction of sp³-hybridized carbons (Fsp3) is 0.692. The largest absolute Gasteiger partial charge is 0.478 e. The van der Waals surface area contributed by atoms with Crippen LogP contribution in [-0.4, -0.2) is 40.3 Å².